The van der Waals surface area contributed by atoms with Crippen molar-refractivity contribution in [1.82, 2.24) is 5.32 Å². The smallest absolute Gasteiger partial charge is 0.123 e. The van der Waals surface area contributed by atoms with Crippen molar-refractivity contribution in [3.8, 4) is 5.75 Å². The Balaban J connectivity index is 1.75. The van der Waals surface area contributed by atoms with Gasteiger partial charge < -0.3 is 10.1 Å². The normalized spacial score (nSPS) is 14.2. The molecule has 0 saturated heterocycles. The lowest BCUT2D eigenvalue weighted by molar-refractivity contribution is 0.414. The molecule has 0 unspecified atom stereocenters. The molecule has 0 heterocycles. The zero-order valence-electron chi connectivity index (χ0n) is 11.9. The predicted octanol–water partition coefficient (Wildman–Crippen LogP) is 4.24. The van der Waals surface area contributed by atoms with E-state index in [0.29, 0.717) is 6.04 Å². The molecule has 0 aliphatic heterocycles. The van der Waals surface area contributed by atoms with Crippen LogP contribution in [0, 0.1) is 5.82 Å². The van der Waals surface area contributed by atoms with Gasteiger partial charge in [0.2, 0.25) is 0 Å². The Labute approximate surface area is 128 Å². The fourth-order valence-corrected chi connectivity index (χ4v) is 3.02. The van der Waals surface area contributed by atoms with E-state index in [1.165, 1.54) is 18.9 Å². The van der Waals surface area contributed by atoms with Gasteiger partial charge in [0.15, 0.2) is 0 Å². The Kier molecular flexibility index (Phi) is 4.46. The van der Waals surface area contributed by atoms with Crippen molar-refractivity contribution in [3.05, 3.63) is 53.8 Å². The van der Waals surface area contributed by atoms with Crippen LogP contribution in [0.5, 0.6) is 5.75 Å². The maximum Gasteiger partial charge on any atom is 0.123 e. The maximum atomic E-state index is 13.5. The van der Waals surface area contributed by atoms with Crippen molar-refractivity contribution < 1.29 is 9.13 Å². The van der Waals surface area contributed by atoms with E-state index >= 15 is 0 Å². The zero-order valence-corrected chi connectivity index (χ0v) is 12.8. The van der Waals surface area contributed by atoms with Gasteiger partial charge in [0.05, 0.1) is 7.11 Å². The van der Waals surface area contributed by atoms with Crippen molar-refractivity contribution in [2.24, 2.45) is 0 Å². The lowest BCUT2D eigenvalue weighted by Crippen LogP contribution is -2.15. The van der Waals surface area contributed by atoms with Crippen LogP contribution in [0.3, 0.4) is 0 Å². The number of methoxy groups -OCH3 is 1. The molecule has 0 radical (unpaired) electrons. The topological polar surface area (TPSA) is 21.3 Å². The minimum absolute atomic E-state index is 0.179. The van der Waals surface area contributed by atoms with E-state index in [1.54, 1.807) is 24.9 Å². The standard InChI is InChI=1S/C17H18FNOS/c1-20-15-5-7-16(8-6-15)21-17-9-2-13(18)10-12(17)11-19-14-3-4-14/h2,5-10,14,19H,3-4,11H2,1H3. The average Bonchev–Trinajstić information content (AvgIpc) is 3.32. The van der Waals surface area contributed by atoms with Gasteiger partial charge in [-0.1, -0.05) is 11.8 Å². The molecule has 1 aliphatic carbocycles. The molecule has 1 aliphatic rings. The molecule has 0 amide bonds. The summed E-state index contributed by atoms with van der Waals surface area (Å²) in [5, 5.41) is 3.44. The highest BCUT2D eigenvalue weighted by atomic mass is 32.2. The molecule has 4 heteroatoms. The van der Waals surface area contributed by atoms with Gasteiger partial charge in [-0.3, -0.25) is 0 Å². The highest BCUT2D eigenvalue weighted by Crippen LogP contribution is 2.32. The highest BCUT2D eigenvalue weighted by Gasteiger charge is 2.20. The van der Waals surface area contributed by atoms with Crippen molar-refractivity contribution in [3.63, 3.8) is 0 Å². The van der Waals surface area contributed by atoms with Crippen molar-refractivity contribution in [1.29, 1.82) is 0 Å². The molecule has 110 valence electrons. The molecule has 0 spiro atoms. The Morgan fingerprint density at radius 1 is 1.19 bits per heavy atom. The number of nitrogens with one attached hydrogen (secondary N) is 1. The molecule has 2 nitrogen and oxygen atoms in total. The molecular weight excluding hydrogens is 285 g/mol. The third kappa shape index (κ3) is 3.99. The third-order valence-corrected chi connectivity index (χ3v) is 4.59. The van der Waals surface area contributed by atoms with E-state index in [4.69, 9.17) is 4.74 Å². The summed E-state index contributed by atoms with van der Waals surface area (Å²) in [6.07, 6.45) is 2.46. The summed E-state index contributed by atoms with van der Waals surface area (Å²) >= 11 is 1.65. The van der Waals surface area contributed by atoms with E-state index in [0.717, 1.165) is 27.6 Å². The molecule has 0 aromatic heterocycles. The van der Waals surface area contributed by atoms with Gasteiger partial charge in [-0.05, 0) is 60.9 Å². The molecule has 2 aromatic carbocycles. The van der Waals surface area contributed by atoms with Crippen LogP contribution in [-0.2, 0) is 6.54 Å². The first kappa shape index (κ1) is 14.4. The summed E-state index contributed by atoms with van der Waals surface area (Å²) in [4.78, 5) is 2.21. The minimum atomic E-state index is -0.179. The second-order valence-electron chi connectivity index (χ2n) is 5.18. The van der Waals surface area contributed by atoms with E-state index in [2.05, 4.69) is 5.32 Å². The van der Waals surface area contributed by atoms with Crippen LogP contribution in [-0.4, -0.2) is 13.2 Å². The van der Waals surface area contributed by atoms with Crippen LogP contribution in [0.25, 0.3) is 0 Å². The Bertz CT molecular complexity index is 611. The van der Waals surface area contributed by atoms with E-state index in [1.807, 2.05) is 30.3 Å². The van der Waals surface area contributed by atoms with Gasteiger partial charge >= 0.3 is 0 Å². The highest BCUT2D eigenvalue weighted by molar-refractivity contribution is 7.99. The fourth-order valence-electron chi connectivity index (χ4n) is 2.10. The van der Waals surface area contributed by atoms with Gasteiger partial charge in [-0.2, -0.15) is 0 Å². The zero-order chi connectivity index (χ0) is 14.7. The molecule has 21 heavy (non-hydrogen) atoms. The Hall–Kier alpha value is -1.52. The second-order valence-corrected chi connectivity index (χ2v) is 6.30. The van der Waals surface area contributed by atoms with E-state index < -0.39 is 0 Å². The SMILES string of the molecule is COc1ccc(Sc2ccc(F)cc2CNC2CC2)cc1. The van der Waals surface area contributed by atoms with Crippen LogP contribution in [0.15, 0.2) is 52.3 Å². The molecule has 1 saturated carbocycles. The van der Waals surface area contributed by atoms with Crippen molar-refractivity contribution in [2.45, 2.75) is 35.2 Å². The van der Waals surface area contributed by atoms with Gasteiger partial charge in [0.1, 0.15) is 11.6 Å². The number of ether oxygens (including phenoxy) is 1. The van der Waals surface area contributed by atoms with Gasteiger partial charge in [0, 0.05) is 22.4 Å². The van der Waals surface area contributed by atoms with Crippen LogP contribution < -0.4 is 10.1 Å². The van der Waals surface area contributed by atoms with E-state index in [9.17, 15) is 4.39 Å². The average molecular weight is 303 g/mol. The number of rotatable bonds is 6. The van der Waals surface area contributed by atoms with Crippen LogP contribution in [0.2, 0.25) is 0 Å². The summed E-state index contributed by atoms with van der Waals surface area (Å²) in [6, 6.07) is 13.5. The van der Waals surface area contributed by atoms with Gasteiger partial charge in [-0.15, -0.1) is 0 Å². The Morgan fingerprint density at radius 3 is 2.62 bits per heavy atom. The number of halogens is 1. The Morgan fingerprint density at radius 2 is 1.95 bits per heavy atom. The molecule has 1 N–H and O–H groups in total. The van der Waals surface area contributed by atoms with Crippen molar-refractivity contribution >= 4 is 11.8 Å². The van der Waals surface area contributed by atoms with Crippen LogP contribution in [0.1, 0.15) is 18.4 Å². The first-order valence-corrected chi connectivity index (χ1v) is 7.90. The predicted molar refractivity (Wildman–Crippen MR) is 83.4 cm³/mol. The molecular formula is C17H18FNOS. The second kappa shape index (κ2) is 6.50. The summed E-state index contributed by atoms with van der Waals surface area (Å²) in [6.45, 7) is 0.723. The summed E-state index contributed by atoms with van der Waals surface area (Å²) in [7, 11) is 1.66. The molecule has 2 aromatic rings. The fraction of sp³-hybridized carbons (Fsp3) is 0.294. The van der Waals surface area contributed by atoms with Gasteiger partial charge in [0.25, 0.3) is 0 Å². The van der Waals surface area contributed by atoms with Gasteiger partial charge in [-0.25, -0.2) is 4.39 Å². The maximum absolute atomic E-state index is 13.5. The largest absolute Gasteiger partial charge is 0.497 e. The summed E-state index contributed by atoms with van der Waals surface area (Å²) in [5.74, 6) is 0.663. The number of benzene rings is 2. The quantitative estimate of drug-likeness (QED) is 0.862. The van der Waals surface area contributed by atoms with Crippen LogP contribution >= 0.6 is 11.8 Å². The lowest BCUT2D eigenvalue weighted by Gasteiger charge is -2.10. The third-order valence-electron chi connectivity index (χ3n) is 3.47. The van der Waals surface area contributed by atoms with E-state index in [-0.39, 0.29) is 5.82 Å². The molecule has 1 fully saturated rings. The monoisotopic (exact) mass is 303 g/mol. The summed E-state index contributed by atoms with van der Waals surface area (Å²) < 4.78 is 18.6. The first-order valence-electron chi connectivity index (χ1n) is 7.08. The summed E-state index contributed by atoms with van der Waals surface area (Å²) in [5.41, 5.74) is 1.02. The lowest BCUT2D eigenvalue weighted by atomic mass is 10.2. The van der Waals surface area contributed by atoms with Crippen LogP contribution in [0.4, 0.5) is 4.39 Å². The minimum Gasteiger partial charge on any atom is -0.497 e. The molecule has 0 atom stereocenters. The molecule has 3 rings (SSSR count). The van der Waals surface area contributed by atoms with Crippen molar-refractivity contribution in [2.75, 3.05) is 7.11 Å². The molecule has 0 bridgehead atoms. The number of hydrogen-bond acceptors (Lipinski definition) is 3. The number of hydrogen-bond donors (Lipinski definition) is 1. The first-order chi connectivity index (χ1) is 10.2.